The molecule has 2 fully saturated rings. The Morgan fingerprint density at radius 2 is 1.92 bits per heavy atom. The second-order valence-corrected chi connectivity index (χ2v) is 7.70. The normalized spacial score (nSPS) is 21.5. The molecule has 0 bridgehead atoms. The van der Waals surface area contributed by atoms with Gasteiger partial charge in [0, 0.05) is 44.0 Å². The zero-order chi connectivity index (χ0) is 17.6. The molecule has 1 atom stereocenters. The fraction of sp³-hybridized carbons (Fsp3) is 0.600. The molecule has 136 valence electrons. The van der Waals surface area contributed by atoms with Crippen LogP contribution in [-0.4, -0.2) is 47.8 Å². The lowest BCUT2D eigenvalue weighted by Gasteiger charge is -2.22. The Hall–Kier alpha value is -1.55. The van der Waals surface area contributed by atoms with Crippen molar-refractivity contribution >= 4 is 23.4 Å². The van der Waals surface area contributed by atoms with Crippen LogP contribution in [0.4, 0.5) is 0 Å². The molecule has 1 aromatic rings. The van der Waals surface area contributed by atoms with Crippen molar-refractivity contribution in [3.05, 3.63) is 34.9 Å². The molecule has 4 nitrogen and oxygen atoms in total. The van der Waals surface area contributed by atoms with Crippen molar-refractivity contribution in [1.29, 1.82) is 0 Å². The minimum Gasteiger partial charge on any atom is -0.342 e. The predicted molar refractivity (Wildman–Crippen MR) is 99.5 cm³/mol. The molecular weight excluding hydrogens is 336 g/mol. The molecule has 2 saturated heterocycles. The van der Waals surface area contributed by atoms with Crippen molar-refractivity contribution in [2.45, 2.75) is 44.9 Å². The first kappa shape index (κ1) is 18.2. The van der Waals surface area contributed by atoms with Crippen LogP contribution in [0.3, 0.4) is 0 Å². The summed E-state index contributed by atoms with van der Waals surface area (Å²) in [6, 6.07) is 7.98. The zero-order valence-electron chi connectivity index (χ0n) is 14.8. The molecule has 3 rings (SSSR count). The highest BCUT2D eigenvalue weighted by Crippen LogP contribution is 2.22. The van der Waals surface area contributed by atoms with Crippen molar-refractivity contribution < 1.29 is 9.59 Å². The quantitative estimate of drug-likeness (QED) is 0.804. The number of rotatable bonds is 5. The number of benzene rings is 1. The fourth-order valence-corrected chi connectivity index (χ4v) is 3.97. The molecule has 2 amide bonds. The first-order valence-corrected chi connectivity index (χ1v) is 9.79. The van der Waals surface area contributed by atoms with Crippen molar-refractivity contribution in [2.24, 2.45) is 5.92 Å². The van der Waals surface area contributed by atoms with Crippen molar-refractivity contribution in [3.63, 3.8) is 0 Å². The second-order valence-electron chi connectivity index (χ2n) is 7.27. The van der Waals surface area contributed by atoms with Crippen LogP contribution in [0.5, 0.6) is 0 Å². The molecular formula is C20H27ClN2O2. The molecule has 0 aliphatic carbocycles. The minimum atomic E-state index is 0.190. The first-order valence-electron chi connectivity index (χ1n) is 9.42. The van der Waals surface area contributed by atoms with Crippen molar-refractivity contribution in [1.82, 2.24) is 9.80 Å². The second kappa shape index (κ2) is 8.70. The smallest absolute Gasteiger partial charge is 0.224 e. The van der Waals surface area contributed by atoms with Crippen LogP contribution in [0.2, 0.25) is 5.02 Å². The van der Waals surface area contributed by atoms with Gasteiger partial charge in [0.15, 0.2) is 0 Å². The van der Waals surface area contributed by atoms with Crippen LogP contribution >= 0.6 is 11.6 Å². The summed E-state index contributed by atoms with van der Waals surface area (Å²) < 4.78 is 0. The lowest BCUT2D eigenvalue weighted by molar-refractivity contribution is -0.133. The number of carbonyl (C=O) groups excluding carboxylic acids is 2. The predicted octanol–water partition coefficient (Wildman–Crippen LogP) is 3.52. The Balaban J connectivity index is 1.44. The largest absolute Gasteiger partial charge is 0.342 e. The van der Waals surface area contributed by atoms with Gasteiger partial charge >= 0.3 is 0 Å². The average molecular weight is 363 g/mol. The maximum atomic E-state index is 12.5. The van der Waals surface area contributed by atoms with E-state index in [2.05, 4.69) is 12.1 Å². The molecule has 1 unspecified atom stereocenters. The summed E-state index contributed by atoms with van der Waals surface area (Å²) in [5.74, 6) is 0.924. The average Bonchev–Trinajstić information content (AvgIpc) is 2.97. The molecule has 25 heavy (non-hydrogen) atoms. The minimum absolute atomic E-state index is 0.190. The summed E-state index contributed by atoms with van der Waals surface area (Å²) in [5.41, 5.74) is 1.28. The number of amides is 2. The van der Waals surface area contributed by atoms with E-state index in [9.17, 15) is 9.59 Å². The number of hydrogen-bond donors (Lipinski definition) is 0. The SMILES string of the molecule is O=C1CCCCCN1CCC(=O)N1CCC(Cc2ccc(Cl)cc2)C1. The Bertz CT molecular complexity index is 602. The summed E-state index contributed by atoms with van der Waals surface area (Å²) in [6.45, 7) is 3.06. The number of hydrogen-bond acceptors (Lipinski definition) is 2. The maximum Gasteiger partial charge on any atom is 0.224 e. The van der Waals surface area contributed by atoms with E-state index in [0.717, 1.165) is 56.8 Å². The van der Waals surface area contributed by atoms with Gasteiger partial charge in [-0.3, -0.25) is 9.59 Å². The van der Waals surface area contributed by atoms with E-state index in [1.807, 2.05) is 21.9 Å². The van der Waals surface area contributed by atoms with Gasteiger partial charge in [0.25, 0.3) is 0 Å². The van der Waals surface area contributed by atoms with Gasteiger partial charge in [0.1, 0.15) is 0 Å². The third kappa shape index (κ3) is 5.21. The lowest BCUT2D eigenvalue weighted by atomic mass is 9.99. The molecule has 2 heterocycles. The maximum absolute atomic E-state index is 12.5. The summed E-state index contributed by atoms with van der Waals surface area (Å²) in [4.78, 5) is 28.4. The van der Waals surface area contributed by atoms with E-state index >= 15 is 0 Å². The third-order valence-electron chi connectivity index (χ3n) is 5.34. The molecule has 0 aromatic heterocycles. The van der Waals surface area contributed by atoms with E-state index in [1.165, 1.54) is 5.56 Å². The summed E-state index contributed by atoms with van der Waals surface area (Å²) in [5, 5.41) is 0.759. The van der Waals surface area contributed by atoms with Gasteiger partial charge in [0.05, 0.1) is 0 Å². The molecule has 2 aliphatic rings. The molecule has 0 radical (unpaired) electrons. The monoisotopic (exact) mass is 362 g/mol. The number of likely N-dealkylation sites (tertiary alicyclic amines) is 2. The molecule has 2 aliphatic heterocycles. The van der Waals surface area contributed by atoms with Gasteiger partial charge < -0.3 is 9.80 Å². The standard InChI is InChI=1S/C20H27ClN2O2/c21-18-7-5-16(6-8-18)14-17-9-12-23(15-17)20(25)10-13-22-11-3-1-2-4-19(22)24/h5-8,17H,1-4,9-15H2. The van der Waals surface area contributed by atoms with Crippen LogP contribution in [0, 0.1) is 5.92 Å². The van der Waals surface area contributed by atoms with Gasteiger partial charge in [-0.1, -0.05) is 30.2 Å². The molecule has 1 aromatic carbocycles. The van der Waals surface area contributed by atoms with E-state index in [0.29, 0.717) is 25.3 Å². The fourth-order valence-electron chi connectivity index (χ4n) is 3.84. The Morgan fingerprint density at radius 3 is 2.72 bits per heavy atom. The molecule has 0 saturated carbocycles. The van der Waals surface area contributed by atoms with E-state index in [1.54, 1.807) is 0 Å². The Morgan fingerprint density at radius 1 is 1.12 bits per heavy atom. The van der Waals surface area contributed by atoms with Gasteiger partial charge in [-0.25, -0.2) is 0 Å². The van der Waals surface area contributed by atoms with Gasteiger partial charge in [-0.2, -0.15) is 0 Å². The summed E-state index contributed by atoms with van der Waals surface area (Å²) >= 11 is 5.93. The van der Waals surface area contributed by atoms with Crippen LogP contribution < -0.4 is 0 Å². The Labute approximate surface area is 155 Å². The highest BCUT2D eigenvalue weighted by Gasteiger charge is 2.27. The van der Waals surface area contributed by atoms with Crippen molar-refractivity contribution in [2.75, 3.05) is 26.2 Å². The first-order chi connectivity index (χ1) is 12.1. The molecule has 0 N–H and O–H groups in total. The highest BCUT2D eigenvalue weighted by molar-refractivity contribution is 6.30. The number of nitrogens with zero attached hydrogens (tertiary/aromatic N) is 2. The number of carbonyl (C=O) groups is 2. The summed E-state index contributed by atoms with van der Waals surface area (Å²) in [7, 11) is 0. The van der Waals surface area contributed by atoms with Gasteiger partial charge in [-0.15, -0.1) is 0 Å². The van der Waals surface area contributed by atoms with Crippen LogP contribution in [-0.2, 0) is 16.0 Å². The summed E-state index contributed by atoms with van der Waals surface area (Å²) in [6.07, 6.45) is 6.31. The zero-order valence-corrected chi connectivity index (χ0v) is 15.5. The van der Waals surface area contributed by atoms with Crippen LogP contribution in [0.15, 0.2) is 24.3 Å². The van der Waals surface area contributed by atoms with E-state index in [-0.39, 0.29) is 11.8 Å². The van der Waals surface area contributed by atoms with Gasteiger partial charge in [0.2, 0.25) is 11.8 Å². The third-order valence-corrected chi connectivity index (χ3v) is 5.60. The van der Waals surface area contributed by atoms with E-state index < -0.39 is 0 Å². The van der Waals surface area contributed by atoms with E-state index in [4.69, 9.17) is 11.6 Å². The van der Waals surface area contributed by atoms with Crippen molar-refractivity contribution in [3.8, 4) is 0 Å². The molecule has 0 spiro atoms. The molecule has 5 heteroatoms. The lowest BCUT2D eigenvalue weighted by Crippen LogP contribution is -2.36. The Kier molecular flexibility index (Phi) is 6.35. The van der Waals surface area contributed by atoms with Crippen LogP contribution in [0.25, 0.3) is 0 Å². The topological polar surface area (TPSA) is 40.6 Å². The number of halogens is 1. The van der Waals surface area contributed by atoms with Crippen LogP contribution in [0.1, 0.15) is 44.1 Å². The van der Waals surface area contributed by atoms with Gasteiger partial charge in [-0.05, 0) is 49.3 Å². The highest BCUT2D eigenvalue weighted by atomic mass is 35.5.